The number of benzene rings is 1. The van der Waals surface area contributed by atoms with E-state index in [1.165, 1.54) is 0 Å². The van der Waals surface area contributed by atoms with Gasteiger partial charge in [-0.25, -0.2) is 0 Å². The summed E-state index contributed by atoms with van der Waals surface area (Å²) in [4.78, 5) is 0. The second-order valence-electron chi connectivity index (χ2n) is 4.85. The third-order valence-electron chi connectivity index (χ3n) is 3.01. The molecule has 2 rings (SSSR count). The monoisotopic (exact) mass is 261 g/mol. The molecule has 6 heteroatoms. The van der Waals surface area contributed by atoms with E-state index in [1.807, 2.05) is 0 Å². The van der Waals surface area contributed by atoms with Crippen molar-refractivity contribution in [2.45, 2.75) is 19.9 Å². The van der Waals surface area contributed by atoms with E-state index in [9.17, 15) is 5.11 Å². The third-order valence-corrected chi connectivity index (χ3v) is 3.01. The molecule has 1 atom stereocenters. The highest BCUT2D eigenvalue weighted by atomic mass is 16.3. The average molecular weight is 261 g/mol. The number of rotatable bonds is 4. The van der Waals surface area contributed by atoms with Crippen LogP contribution in [-0.4, -0.2) is 15.3 Å². The number of H-pyrrole nitrogens is 1. The summed E-state index contributed by atoms with van der Waals surface area (Å²) in [7, 11) is 0. The van der Waals surface area contributed by atoms with Crippen molar-refractivity contribution in [2.24, 2.45) is 5.92 Å². The predicted octanol–water partition coefficient (Wildman–Crippen LogP) is 2.09. The first kappa shape index (κ1) is 13.1. The number of anilines is 3. The zero-order valence-corrected chi connectivity index (χ0v) is 11.0. The molecule has 102 valence electrons. The number of aromatic nitrogens is 2. The number of aromatic amines is 1. The van der Waals surface area contributed by atoms with Crippen LogP contribution in [0, 0.1) is 5.92 Å². The first-order valence-corrected chi connectivity index (χ1v) is 6.13. The van der Waals surface area contributed by atoms with Crippen molar-refractivity contribution in [3.8, 4) is 5.75 Å². The van der Waals surface area contributed by atoms with E-state index in [2.05, 4.69) is 29.4 Å². The Hall–Kier alpha value is -2.37. The summed E-state index contributed by atoms with van der Waals surface area (Å²) < 4.78 is 0. The van der Waals surface area contributed by atoms with Gasteiger partial charge in [0.1, 0.15) is 17.3 Å². The van der Waals surface area contributed by atoms with Gasteiger partial charge < -0.3 is 21.9 Å². The maximum atomic E-state index is 9.28. The number of nitrogens with zero attached hydrogens (tertiary/aromatic N) is 1. The van der Waals surface area contributed by atoms with Crippen molar-refractivity contribution in [3.63, 3.8) is 0 Å². The van der Waals surface area contributed by atoms with Gasteiger partial charge in [-0.05, 0) is 30.2 Å². The molecule has 1 heterocycles. The minimum absolute atomic E-state index is 0.0573. The second kappa shape index (κ2) is 5.09. The fourth-order valence-corrected chi connectivity index (χ4v) is 1.90. The summed E-state index contributed by atoms with van der Waals surface area (Å²) in [5, 5.41) is 19.5. The lowest BCUT2D eigenvalue weighted by Crippen LogP contribution is -2.18. The third kappa shape index (κ3) is 2.73. The highest BCUT2D eigenvalue weighted by molar-refractivity contribution is 5.63. The molecule has 6 nitrogen and oxygen atoms in total. The molecule has 1 aromatic heterocycles. The molecule has 0 bridgehead atoms. The van der Waals surface area contributed by atoms with Gasteiger partial charge in [-0.3, -0.25) is 5.10 Å². The van der Waals surface area contributed by atoms with Crippen LogP contribution in [0.15, 0.2) is 24.3 Å². The van der Waals surface area contributed by atoms with Gasteiger partial charge in [0, 0.05) is 5.69 Å². The summed E-state index contributed by atoms with van der Waals surface area (Å²) in [5.41, 5.74) is 13.7. The lowest BCUT2D eigenvalue weighted by atomic mass is 9.99. The first-order chi connectivity index (χ1) is 8.99. The zero-order valence-electron chi connectivity index (χ0n) is 11.0. The van der Waals surface area contributed by atoms with Gasteiger partial charge in [0.15, 0.2) is 0 Å². The molecular weight excluding hydrogens is 242 g/mol. The summed E-state index contributed by atoms with van der Waals surface area (Å²) in [5.74, 6) is 0.891. The van der Waals surface area contributed by atoms with Crippen LogP contribution in [-0.2, 0) is 0 Å². The van der Waals surface area contributed by atoms with Crippen LogP contribution in [0.3, 0.4) is 0 Å². The fourth-order valence-electron chi connectivity index (χ4n) is 1.90. The highest BCUT2D eigenvalue weighted by Gasteiger charge is 2.22. The van der Waals surface area contributed by atoms with E-state index < -0.39 is 0 Å². The number of nitrogens with two attached hydrogens (primary N) is 2. The zero-order chi connectivity index (χ0) is 14.0. The highest BCUT2D eigenvalue weighted by Crippen LogP contribution is 2.31. The Morgan fingerprint density at radius 1 is 1.21 bits per heavy atom. The normalized spacial score (nSPS) is 12.6. The van der Waals surface area contributed by atoms with Crippen LogP contribution in [0.1, 0.15) is 25.6 Å². The predicted molar refractivity (Wildman–Crippen MR) is 76.7 cm³/mol. The number of aromatic hydroxyl groups is 1. The molecule has 0 radical (unpaired) electrons. The fraction of sp³-hybridized carbons (Fsp3) is 0.308. The number of hydrogen-bond donors (Lipinski definition) is 5. The standard InChI is InChI=1S/C13H19N5O/c1-7(2)11(12-10(14)13(15)18-17-12)16-8-3-5-9(19)6-4-8/h3-7,11,16,19H,14H2,1-2H3,(H3,15,17,18). The van der Waals surface area contributed by atoms with E-state index in [4.69, 9.17) is 11.5 Å². The van der Waals surface area contributed by atoms with Gasteiger partial charge in [-0.15, -0.1) is 0 Å². The molecule has 0 fully saturated rings. The number of phenolic OH excluding ortho intramolecular Hbond substituents is 1. The first-order valence-electron chi connectivity index (χ1n) is 6.13. The Balaban J connectivity index is 2.26. The summed E-state index contributed by atoms with van der Waals surface area (Å²) in [6.45, 7) is 4.14. The molecule has 1 aromatic carbocycles. The molecule has 0 aliphatic heterocycles. The molecule has 0 aliphatic rings. The molecule has 2 aromatic rings. The lowest BCUT2D eigenvalue weighted by Gasteiger charge is -2.22. The Morgan fingerprint density at radius 3 is 2.32 bits per heavy atom. The average Bonchev–Trinajstić information content (AvgIpc) is 2.69. The molecule has 19 heavy (non-hydrogen) atoms. The van der Waals surface area contributed by atoms with Crippen LogP contribution in [0.4, 0.5) is 17.2 Å². The minimum atomic E-state index is -0.0573. The van der Waals surface area contributed by atoms with Gasteiger partial charge in [-0.2, -0.15) is 5.10 Å². The quantitative estimate of drug-likeness (QED) is 0.541. The molecule has 0 aliphatic carbocycles. The molecule has 0 spiro atoms. The van der Waals surface area contributed by atoms with Gasteiger partial charge >= 0.3 is 0 Å². The van der Waals surface area contributed by atoms with E-state index in [-0.39, 0.29) is 17.7 Å². The van der Waals surface area contributed by atoms with Crippen LogP contribution in [0.5, 0.6) is 5.75 Å². The molecule has 0 amide bonds. The summed E-state index contributed by atoms with van der Waals surface area (Å²) >= 11 is 0. The number of phenols is 1. The Kier molecular flexibility index (Phi) is 3.50. The van der Waals surface area contributed by atoms with Crippen molar-refractivity contribution in [2.75, 3.05) is 16.8 Å². The summed E-state index contributed by atoms with van der Waals surface area (Å²) in [6.07, 6.45) is 0. The van der Waals surface area contributed by atoms with Crippen LogP contribution >= 0.6 is 0 Å². The topological polar surface area (TPSA) is 113 Å². The maximum Gasteiger partial charge on any atom is 0.142 e. The van der Waals surface area contributed by atoms with Crippen molar-refractivity contribution in [1.82, 2.24) is 10.2 Å². The number of nitrogens with one attached hydrogen (secondary N) is 2. The number of nitrogen functional groups attached to an aromatic ring is 2. The van der Waals surface area contributed by atoms with Crippen molar-refractivity contribution >= 4 is 17.2 Å². The second-order valence-corrected chi connectivity index (χ2v) is 4.85. The Morgan fingerprint density at radius 2 is 1.84 bits per heavy atom. The molecule has 1 unspecified atom stereocenters. The van der Waals surface area contributed by atoms with Crippen molar-refractivity contribution in [3.05, 3.63) is 30.0 Å². The van der Waals surface area contributed by atoms with E-state index in [1.54, 1.807) is 24.3 Å². The Bertz CT molecular complexity index is 547. The van der Waals surface area contributed by atoms with Crippen LogP contribution in [0.2, 0.25) is 0 Å². The van der Waals surface area contributed by atoms with Crippen LogP contribution in [0.25, 0.3) is 0 Å². The Labute approximate surface area is 111 Å². The van der Waals surface area contributed by atoms with E-state index in [0.29, 0.717) is 17.2 Å². The number of hydrogen-bond acceptors (Lipinski definition) is 5. The smallest absolute Gasteiger partial charge is 0.142 e. The largest absolute Gasteiger partial charge is 0.508 e. The lowest BCUT2D eigenvalue weighted by molar-refractivity contribution is 0.475. The molecule has 0 saturated heterocycles. The SMILES string of the molecule is CC(C)C(Nc1ccc(O)cc1)c1n[nH]c(N)c1N. The van der Waals surface area contributed by atoms with E-state index in [0.717, 1.165) is 5.69 Å². The molecular formula is C13H19N5O. The van der Waals surface area contributed by atoms with E-state index >= 15 is 0 Å². The van der Waals surface area contributed by atoms with Crippen molar-refractivity contribution < 1.29 is 5.11 Å². The maximum absolute atomic E-state index is 9.28. The van der Waals surface area contributed by atoms with Crippen LogP contribution < -0.4 is 16.8 Å². The van der Waals surface area contributed by atoms with Gasteiger partial charge in [0.2, 0.25) is 0 Å². The molecule has 0 saturated carbocycles. The summed E-state index contributed by atoms with van der Waals surface area (Å²) in [6, 6.07) is 6.80. The van der Waals surface area contributed by atoms with Gasteiger partial charge in [-0.1, -0.05) is 13.8 Å². The van der Waals surface area contributed by atoms with Gasteiger partial charge in [0.25, 0.3) is 0 Å². The molecule has 7 N–H and O–H groups in total. The minimum Gasteiger partial charge on any atom is -0.508 e. The van der Waals surface area contributed by atoms with Crippen molar-refractivity contribution in [1.29, 1.82) is 0 Å². The van der Waals surface area contributed by atoms with Gasteiger partial charge in [0.05, 0.1) is 11.7 Å².